The zero-order valence-electron chi connectivity index (χ0n) is 14.6. The largest absolute Gasteiger partial charge is 0.508 e. The van der Waals surface area contributed by atoms with Crippen LogP contribution in [-0.4, -0.2) is 15.2 Å². The number of phenolic OH excluding ortho intramolecular Hbond substituents is 2. The minimum Gasteiger partial charge on any atom is -0.508 e. The van der Waals surface area contributed by atoms with Crippen molar-refractivity contribution in [2.75, 3.05) is 0 Å². The predicted molar refractivity (Wildman–Crippen MR) is 107 cm³/mol. The van der Waals surface area contributed by atoms with E-state index in [0.717, 1.165) is 34.5 Å². The Morgan fingerprint density at radius 2 is 1.30 bits per heavy atom. The molecule has 0 saturated heterocycles. The van der Waals surface area contributed by atoms with E-state index in [2.05, 4.69) is 24.3 Å². The topological polar surface area (TPSA) is 53.4 Å². The second-order valence-electron chi connectivity index (χ2n) is 6.81. The molecule has 0 fully saturated rings. The average molecular weight is 351 g/mol. The Bertz CT molecular complexity index is 1150. The number of aromatic nitrogens is 1. The van der Waals surface area contributed by atoms with Crippen molar-refractivity contribution in [1.29, 1.82) is 0 Å². The van der Waals surface area contributed by atoms with Crippen molar-refractivity contribution in [3.63, 3.8) is 0 Å². The molecule has 0 radical (unpaired) electrons. The Morgan fingerprint density at radius 1 is 0.667 bits per heavy atom. The molecular formula is C24H17NO2. The maximum atomic E-state index is 9.66. The number of hydrogen-bond donors (Lipinski definition) is 2. The fraction of sp³-hybridized carbons (Fsp3) is 0.0417. The first kappa shape index (κ1) is 15.6. The quantitative estimate of drug-likeness (QED) is 0.448. The molecule has 3 aromatic carbocycles. The number of nitrogens with zero attached hydrogens (tertiary/aromatic N) is 1. The van der Waals surface area contributed by atoms with Crippen molar-refractivity contribution in [3.05, 3.63) is 90.0 Å². The van der Waals surface area contributed by atoms with Crippen LogP contribution < -0.4 is 0 Å². The Labute approximate surface area is 157 Å². The average Bonchev–Trinajstić information content (AvgIpc) is 3.07. The van der Waals surface area contributed by atoms with Gasteiger partial charge in [0.15, 0.2) is 0 Å². The second-order valence-corrected chi connectivity index (χ2v) is 6.81. The van der Waals surface area contributed by atoms with Crippen LogP contribution >= 0.6 is 0 Å². The number of aromatic hydroxyl groups is 2. The lowest BCUT2D eigenvalue weighted by Crippen LogP contribution is -1.94. The van der Waals surface area contributed by atoms with E-state index in [4.69, 9.17) is 4.98 Å². The summed E-state index contributed by atoms with van der Waals surface area (Å²) in [5.74, 6) is 0.496. The molecule has 0 bridgehead atoms. The molecule has 0 amide bonds. The molecule has 1 heterocycles. The Hall–Kier alpha value is -3.59. The summed E-state index contributed by atoms with van der Waals surface area (Å²) in [6.45, 7) is 0. The summed E-state index contributed by atoms with van der Waals surface area (Å²) in [5.41, 5.74) is 8.69. The molecule has 130 valence electrons. The van der Waals surface area contributed by atoms with E-state index in [1.807, 2.05) is 30.3 Å². The first-order valence-corrected chi connectivity index (χ1v) is 8.90. The van der Waals surface area contributed by atoms with Gasteiger partial charge in [0.05, 0.1) is 11.4 Å². The van der Waals surface area contributed by atoms with E-state index in [1.165, 1.54) is 16.7 Å². The molecule has 27 heavy (non-hydrogen) atoms. The zero-order valence-corrected chi connectivity index (χ0v) is 14.6. The van der Waals surface area contributed by atoms with E-state index < -0.39 is 0 Å². The zero-order chi connectivity index (χ0) is 18.4. The van der Waals surface area contributed by atoms with Gasteiger partial charge in [-0.3, -0.25) is 0 Å². The first-order valence-electron chi connectivity index (χ1n) is 8.90. The predicted octanol–water partition coefficient (Wildman–Crippen LogP) is 5.40. The molecule has 1 aliphatic rings. The van der Waals surface area contributed by atoms with Crippen molar-refractivity contribution in [2.24, 2.45) is 0 Å². The van der Waals surface area contributed by atoms with Crippen LogP contribution in [0, 0.1) is 0 Å². The number of fused-ring (bicyclic) bond motifs is 3. The van der Waals surface area contributed by atoms with Gasteiger partial charge >= 0.3 is 0 Å². The lowest BCUT2D eigenvalue weighted by atomic mass is 9.96. The SMILES string of the molecule is Oc1ccc(-c2cc(-c3ccc(O)cc3)c3c(n2)-c2ccccc2C3)cc1. The second kappa shape index (κ2) is 5.99. The van der Waals surface area contributed by atoms with Gasteiger partial charge in [-0.05, 0) is 64.7 Å². The van der Waals surface area contributed by atoms with Crippen LogP contribution in [0.1, 0.15) is 11.1 Å². The van der Waals surface area contributed by atoms with Crippen LogP contribution in [0.3, 0.4) is 0 Å². The Morgan fingerprint density at radius 3 is 2.00 bits per heavy atom. The van der Waals surface area contributed by atoms with Gasteiger partial charge in [-0.25, -0.2) is 4.98 Å². The summed E-state index contributed by atoms with van der Waals surface area (Å²) in [5, 5.41) is 19.3. The Kier molecular flexibility index (Phi) is 3.47. The molecule has 0 saturated carbocycles. The summed E-state index contributed by atoms with van der Waals surface area (Å²) in [6, 6.07) is 24.9. The summed E-state index contributed by atoms with van der Waals surface area (Å²) in [7, 11) is 0. The minimum atomic E-state index is 0.240. The molecule has 0 aliphatic heterocycles. The molecule has 3 heteroatoms. The maximum Gasteiger partial charge on any atom is 0.115 e. The number of rotatable bonds is 2. The summed E-state index contributed by atoms with van der Waals surface area (Å²) in [4.78, 5) is 4.97. The van der Waals surface area contributed by atoms with Crippen molar-refractivity contribution >= 4 is 0 Å². The van der Waals surface area contributed by atoms with Gasteiger partial charge in [0.1, 0.15) is 11.5 Å². The molecule has 1 aliphatic carbocycles. The van der Waals surface area contributed by atoms with E-state index in [0.29, 0.717) is 0 Å². The standard InChI is InChI=1S/C24H17NO2/c26-18-9-5-15(6-10-18)21-14-23(16-7-11-19(27)12-8-16)25-24-20-4-2-1-3-17(20)13-22(21)24/h1-12,14,26-27H,13H2. The third-order valence-electron chi connectivity index (χ3n) is 5.11. The molecular weight excluding hydrogens is 334 g/mol. The molecule has 0 spiro atoms. The maximum absolute atomic E-state index is 9.66. The third kappa shape index (κ3) is 2.64. The smallest absolute Gasteiger partial charge is 0.115 e. The van der Waals surface area contributed by atoms with Crippen molar-refractivity contribution in [1.82, 2.24) is 4.98 Å². The Balaban J connectivity index is 1.76. The fourth-order valence-electron chi connectivity index (χ4n) is 3.75. The van der Waals surface area contributed by atoms with Gasteiger partial charge in [0.25, 0.3) is 0 Å². The van der Waals surface area contributed by atoms with Crippen LogP contribution in [0.2, 0.25) is 0 Å². The van der Waals surface area contributed by atoms with Gasteiger partial charge in [-0.1, -0.05) is 36.4 Å². The molecule has 3 nitrogen and oxygen atoms in total. The number of phenols is 2. The van der Waals surface area contributed by atoms with E-state index in [9.17, 15) is 10.2 Å². The van der Waals surface area contributed by atoms with Crippen LogP contribution in [0.4, 0.5) is 0 Å². The van der Waals surface area contributed by atoms with Crippen LogP contribution in [0.5, 0.6) is 11.5 Å². The van der Waals surface area contributed by atoms with Gasteiger partial charge in [-0.2, -0.15) is 0 Å². The number of benzene rings is 3. The van der Waals surface area contributed by atoms with E-state index >= 15 is 0 Å². The summed E-state index contributed by atoms with van der Waals surface area (Å²) >= 11 is 0. The molecule has 1 aromatic heterocycles. The van der Waals surface area contributed by atoms with Crippen molar-refractivity contribution in [3.8, 4) is 45.1 Å². The van der Waals surface area contributed by atoms with E-state index in [1.54, 1.807) is 24.3 Å². The normalized spacial score (nSPS) is 11.9. The summed E-state index contributed by atoms with van der Waals surface area (Å²) < 4.78 is 0. The fourth-order valence-corrected chi connectivity index (χ4v) is 3.75. The lowest BCUT2D eigenvalue weighted by Gasteiger charge is -2.12. The van der Waals surface area contributed by atoms with Crippen molar-refractivity contribution < 1.29 is 10.2 Å². The first-order chi connectivity index (χ1) is 13.2. The minimum absolute atomic E-state index is 0.240. The highest BCUT2D eigenvalue weighted by Crippen LogP contribution is 2.42. The number of hydrogen-bond acceptors (Lipinski definition) is 3. The van der Waals surface area contributed by atoms with Crippen molar-refractivity contribution in [2.45, 2.75) is 6.42 Å². The molecule has 4 aromatic rings. The van der Waals surface area contributed by atoms with Gasteiger partial charge in [0, 0.05) is 17.5 Å². The highest BCUT2D eigenvalue weighted by molar-refractivity contribution is 5.85. The van der Waals surface area contributed by atoms with Crippen LogP contribution in [0.15, 0.2) is 78.9 Å². The summed E-state index contributed by atoms with van der Waals surface area (Å²) in [6.07, 6.45) is 0.852. The highest BCUT2D eigenvalue weighted by atomic mass is 16.3. The highest BCUT2D eigenvalue weighted by Gasteiger charge is 2.24. The number of pyridine rings is 1. The van der Waals surface area contributed by atoms with Gasteiger partial charge in [0.2, 0.25) is 0 Å². The molecule has 5 rings (SSSR count). The van der Waals surface area contributed by atoms with E-state index in [-0.39, 0.29) is 11.5 Å². The van der Waals surface area contributed by atoms with Crippen LogP contribution in [0.25, 0.3) is 33.6 Å². The van der Waals surface area contributed by atoms with Gasteiger partial charge in [-0.15, -0.1) is 0 Å². The van der Waals surface area contributed by atoms with Crippen LogP contribution in [-0.2, 0) is 6.42 Å². The molecule has 2 N–H and O–H groups in total. The molecule has 0 atom stereocenters. The molecule has 0 unspecified atom stereocenters. The lowest BCUT2D eigenvalue weighted by molar-refractivity contribution is 0.475. The van der Waals surface area contributed by atoms with Gasteiger partial charge < -0.3 is 10.2 Å². The third-order valence-corrected chi connectivity index (χ3v) is 5.11. The monoisotopic (exact) mass is 351 g/mol.